The van der Waals surface area contributed by atoms with E-state index in [1.165, 1.54) is 6.42 Å². The second-order valence-corrected chi connectivity index (χ2v) is 5.97. The van der Waals surface area contributed by atoms with Crippen LogP contribution in [0, 0.1) is 10.8 Å². The van der Waals surface area contributed by atoms with Gasteiger partial charge in [0, 0.05) is 0 Å². The van der Waals surface area contributed by atoms with Crippen molar-refractivity contribution in [2.45, 2.75) is 76.2 Å². The fraction of sp³-hybridized carbons (Fsp3) is 0.867. The smallest absolute Gasteiger partial charge is 0.0304 e. The zero-order chi connectivity index (χ0) is 11.1. The van der Waals surface area contributed by atoms with Crippen molar-refractivity contribution in [1.29, 1.82) is 0 Å². The van der Waals surface area contributed by atoms with E-state index in [0.717, 1.165) is 6.42 Å². The van der Waals surface area contributed by atoms with Gasteiger partial charge in [0.15, 0.2) is 0 Å². The average Bonchev–Trinajstić information content (AvgIpc) is 1.84. The molecule has 0 heteroatoms. The van der Waals surface area contributed by atoms with Gasteiger partial charge in [-0.1, -0.05) is 75.8 Å². The van der Waals surface area contributed by atoms with Crippen LogP contribution < -0.4 is 0 Å². The molecule has 0 radical (unpaired) electrons. The number of rotatable bonds is 1. The molecule has 0 saturated heterocycles. The van der Waals surface area contributed by atoms with Gasteiger partial charge < -0.3 is 0 Å². The zero-order valence-electron chi connectivity index (χ0n) is 10.7. The summed E-state index contributed by atoms with van der Waals surface area (Å²) < 4.78 is 0. The minimum Gasteiger partial charge on any atom is -0.103 e. The van der Waals surface area contributed by atoms with Crippen LogP contribution in [0.2, 0.25) is 0 Å². The molecule has 0 rings (SSSR count). The minimum atomic E-state index is 0. The molecular weight excluding hydrogens is 180 g/mol. The van der Waals surface area contributed by atoms with E-state index >= 15 is 0 Å². The van der Waals surface area contributed by atoms with E-state index in [4.69, 9.17) is 0 Å². The van der Waals surface area contributed by atoms with Crippen LogP contribution >= 0.6 is 0 Å². The molecule has 15 heavy (non-hydrogen) atoms. The molecule has 0 aromatic rings. The second kappa shape index (κ2) is 10.3. The van der Waals surface area contributed by atoms with Gasteiger partial charge in [0.25, 0.3) is 0 Å². The van der Waals surface area contributed by atoms with E-state index in [9.17, 15) is 0 Å². The first-order valence-electron chi connectivity index (χ1n) is 5.23. The molecule has 0 nitrogen and oxygen atoms in total. The van der Waals surface area contributed by atoms with Crippen LogP contribution in [0.5, 0.6) is 0 Å². The Morgan fingerprint density at radius 2 is 1.13 bits per heavy atom. The average molecular weight is 216 g/mol. The number of hydrogen-bond donors (Lipinski definition) is 0. The lowest BCUT2D eigenvalue weighted by Crippen LogP contribution is -2.01. The molecule has 0 fully saturated rings. The third-order valence-electron chi connectivity index (χ3n) is 1.82. The lowest BCUT2D eigenvalue weighted by Gasteiger charge is -2.13. The molecule has 0 bridgehead atoms. The minimum absolute atomic E-state index is 0. The zero-order valence-corrected chi connectivity index (χ0v) is 10.7. The molecular formula is C15H36. The Balaban J connectivity index is -0.0000000718. The quantitative estimate of drug-likeness (QED) is 0.450. The van der Waals surface area contributed by atoms with Gasteiger partial charge in [-0.05, 0) is 17.3 Å². The predicted molar refractivity (Wildman–Crippen MR) is 77.5 cm³/mol. The van der Waals surface area contributed by atoms with Crippen molar-refractivity contribution in [1.82, 2.24) is 0 Å². The van der Waals surface area contributed by atoms with E-state index in [2.05, 4.69) is 55.0 Å². The first-order valence-corrected chi connectivity index (χ1v) is 5.23. The highest BCUT2D eigenvalue weighted by Crippen LogP contribution is 2.17. The summed E-state index contributed by atoms with van der Waals surface area (Å²) in [6.45, 7) is 19.2. The van der Waals surface area contributed by atoms with Gasteiger partial charge in [-0.2, -0.15) is 0 Å². The van der Waals surface area contributed by atoms with Crippen molar-refractivity contribution < 1.29 is 0 Å². The molecule has 0 spiro atoms. The summed E-state index contributed by atoms with van der Waals surface area (Å²) in [7, 11) is 0. The lowest BCUT2D eigenvalue weighted by atomic mass is 9.93. The van der Waals surface area contributed by atoms with Crippen LogP contribution in [0.4, 0.5) is 0 Å². The van der Waals surface area contributed by atoms with Crippen LogP contribution in [0.25, 0.3) is 0 Å². The standard InChI is InChI=1S/C7H14.C6H14.2CH4/c1-5-6-7(2,3)4;1-5-6(2,3)4;;/h5H,1,6H2,2-4H3;5H2,1-4H3;2*1H4. The maximum Gasteiger partial charge on any atom is -0.0304 e. The van der Waals surface area contributed by atoms with E-state index in [1.54, 1.807) is 0 Å². The normalized spacial score (nSPS) is 10.1. The summed E-state index contributed by atoms with van der Waals surface area (Å²) in [4.78, 5) is 0. The Morgan fingerprint density at radius 1 is 0.867 bits per heavy atom. The third-order valence-corrected chi connectivity index (χ3v) is 1.82. The largest absolute Gasteiger partial charge is 0.103 e. The molecule has 96 valence electrons. The highest BCUT2D eigenvalue weighted by Gasteiger charge is 2.04. The van der Waals surface area contributed by atoms with Crippen molar-refractivity contribution in [3.8, 4) is 0 Å². The van der Waals surface area contributed by atoms with E-state index < -0.39 is 0 Å². The van der Waals surface area contributed by atoms with Crippen LogP contribution in [-0.2, 0) is 0 Å². The van der Waals surface area contributed by atoms with Gasteiger partial charge in [0.1, 0.15) is 0 Å². The SMILES string of the molecule is C.C.C=CCC(C)(C)C.CCC(C)(C)C. The van der Waals surface area contributed by atoms with Crippen LogP contribution in [0.15, 0.2) is 12.7 Å². The molecule has 0 heterocycles. The van der Waals surface area contributed by atoms with Gasteiger partial charge >= 0.3 is 0 Å². The van der Waals surface area contributed by atoms with Crippen LogP contribution in [0.3, 0.4) is 0 Å². The number of allylic oxidation sites excluding steroid dienone is 1. The molecule has 0 aliphatic heterocycles. The summed E-state index contributed by atoms with van der Waals surface area (Å²) in [6.07, 6.45) is 4.33. The Hall–Kier alpha value is -0.260. The Kier molecular flexibility index (Phi) is 16.5. The number of hydrogen-bond acceptors (Lipinski definition) is 0. The Bertz CT molecular complexity index is 118. The van der Waals surface area contributed by atoms with Gasteiger partial charge in [0.2, 0.25) is 0 Å². The fourth-order valence-corrected chi connectivity index (χ4v) is 0.433. The second-order valence-electron chi connectivity index (χ2n) is 5.97. The molecule has 0 saturated carbocycles. The topological polar surface area (TPSA) is 0 Å². The van der Waals surface area contributed by atoms with Crippen molar-refractivity contribution in [3.63, 3.8) is 0 Å². The van der Waals surface area contributed by atoms with Crippen molar-refractivity contribution in [3.05, 3.63) is 12.7 Å². The maximum atomic E-state index is 3.65. The van der Waals surface area contributed by atoms with Crippen molar-refractivity contribution in [2.24, 2.45) is 10.8 Å². The molecule has 0 atom stereocenters. The van der Waals surface area contributed by atoms with Gasteiger partial charge in [0.05, 0.1) is 0 Å². The van der Waals surface area contributed by atoms with E-state index in [1.807, 2.05) is 6.08 Å². The molecule has 0 unspecified atom stereocenters. The highest BCUT2D eigenvalue weighted by molar-refractivity contribution is 4.75. The van der Waals surface area contributed by atoms with Gasteiger partial charge in [-0.15, -0.1) is 6.58 Å². The van der Waals surface area contributed by atoms with Crippen molar-refractivity contribution >= 4 is 0 Å². The molecule has 0 aromatic carbocycles. The lowest BCUT2D eigenvalue weighted by molar-refractivity contribution is 0.398. The van der Waals surface area contributed by atoms with E-state index in [0.29, 0.717) is 10.8 Å². The molecule has 0 aliphatic rings. The summed E-state index contributed by atoms with van der Waals surface area (Å²) in [5.41, 5.74) is 0.974. The summed E-state index contributed by atoms with van der Waals surface area (Å²) >= 11 is 0. The predicted octanol–water partition coefficient (Wildman–Crippen LogP) is 6.32. The molecule has 0 amide bonds. The van der Waals surface area contributed by atoms with Crippen molar-refractivity contribution in [2.75, 3.05) is 0 Å². The van der Waals surface area contributed by atoms with Crippen LogP contribution in [0.1, 0.15) is 76.2 Å². The monoisotopic (exact) mass is 216 g/mol. The third kappa shape index (κ3) is 41.7. The van der Waals surface area contributed by atoms with Crippen LogP contribution in [-0.4, -0.2) is 0 Å². The van der Waals surface area contributed by atoms with Gasteiger partial charge in [-0.25, -0.2) is 0 Å². The molecule has 0 N–H and O–H groups in total. The Morgan fingerprint density at radius 3 is 1.13 bits per heavy atom. The van der Waals surface area contributed by atoms with E-state index in [-0.39, 0.29) is 14.9 Å². The first-order chi connectivity index (χ1) is 5.62. The highest BCUT2D eigenvalue weighted by atomic mass is 14.1. The molecule has 0 aliphatic carbocycles. The first kappa shape index (κ1) is 24.1. The molecule has 0 aromatic heterocycles. The fourth-order valence-electron chi connectivity index (χ4n) is 0.433. The van der Waals surface area contributed by atoms with Gasteiger partial charge in [-0.3, -0.25) is 0 Å². The Labute approximate surface area is 100 Å². The summed E-state index contributed by atoms with van der Waals surface area (Å²) in [6, 6.07) is 0. The summed E-state index contributed by atoms with van der Waals surface area (Å²) in [5.74, 6) is 0. The maximum absolute atomic E-state index is 3.65. The summed E-state index contributed by atoms with van der Waals surface area (Å²) in [5, 5.41) is 0.